The molecule has 0 saturated carbocycles. The zero-order valence-electron chi connectivity index (χ0n) is 16.8. The summed E-state index contributed by atoms with van der Waals surface area (Å²) in [5.41, 5.74) is 5.26. The summed E-state index contributed by atoms with van der Waals surface area (Å²) in [5, 5.41) is 3.29. The average Bonchev–Trinajstić information content (AvgIpc) is 3.49. The number of hydrogen-bond acceptors (Lipinski definition) is 4. The van der Waals surface area contributed by atoms with Gasteiger partial charge in [0.05, 0.1) is 5.69 Å². The van der Waals surface area contributed by atoms with Crippen molar-refractivity contribution in [3.05, 3.63) is 58.5 Å². The first-order valence-electron chi connectivity index (χ1n) is 10.1. The highest BCUT2D eigenvalue weighted by atomic mass is 32.1. The first kappa shape index (κ1) is 18.4. The number of hydrogen-bond donors (Lipinski definition) is 1. The van der Waals surface area contributed by atoms with Gasteiger partial charge in [0.25, 0.3) is 5.91 Å². The minimum absolute atomic E-state index is 0.0728. The number of H-pyrrole nitrogens is 1. The Kier molecular flexibility index (Phi) is 4.64. The number of nitrogens with zero attached hydrogens (tertiary/aromatic N) is 4. The van der Waals surface area contributed by atoms with Crippen molar-refractivity contribution in [1.29, 1.82) is 0 Å². The molecule has 4 aromatic rings. The highest BCUT2D eigenvalue weighted by Crippen LogP contribution is 2.25. The highest BCUT2D eigenvalue weighted by Gasteiger charge is 2.27. The molecular weight excluding hydrogens is 382 g/mol. The zero-order chi connectivity index (χ0) is 20.0. The van der Waals surface area contributed by atoms with Gasteiger partial charge < -0.3 is 9.88 Å². The maximum Gasteiger partial charge on any atom is 0.274 e. The van der Waals surface area contributed by atoms with Gasteiger partial charge in [0, 0.05) is 54.4 Å². The van der Waals surface area contributed by atoms with E-state index in [9.17, 15) is 4.79 Å². The standard InChI is InChI=1S/C22H25N5OS/c1-15-16-7-3-4-8-17(16)23-18(15)13-25(2)14-19-20(21(28)26-9-5-6-10-26)24-22-27(19)11-12-29-22/h3-4,7-8,11-12,23H,5-6,9-10,13-14H2,1-2H3. The second-order valence-corrected chi connectivity index (χ2v) is 8.78. The predicted octanol–water partition coefficient (Wildman–Crippen LogP) is 4.05. The number of carbonyl (C=O) groups excluding carboxylic acids is 1. The molecule has 6 nitrogen and oxygen atoms in total. The van der Waals surface area contributed by atoms with Gasteiger partial charge in [0.1, 0.15) is 0 Å². The number of para-hydroxylation sites is 1. The number of aryl methyl sites for hydroxylation is 1. The van der Waals surface area contributed by atoms with Crippen LogP contribution in [0.5, 0.6) is 0 Å². The van der Waals surface area contributed by atoms with E-state index in [4.69, 9.17) is 0 Å². The molecule has 0 atom stereocenters. The molecular formula is C22H25N5OS. The lowest BCUT2D eigenvalue weighted by Gasteiger charge is -2.19. The van der Waals surface area contributed by atoms with E-state index in [-0.39, 0.29) is 5.91 Å². The molecule has 1 amide bonds. The number of carbonyl (C=O) groups is 1. The molecule has 0 unspecified atom stereocenters. The number of aromatic amines is 1. The van der Waals surface area contributed by atoms with Gasteiger partial charge in [-0.25, -0.2) is 4.98 Å². The molecule has 1 fully saturated rings. The molecule has 5 rings (SSSR count). The summed E-state index contributed by atoms with van der Waals surface area (Å²) in [6.45, 7) is 5.30. The molecule has 1 aliphatic heterocycles. The lowest BCUT2D eigenvalue weighted by Crippen LogP contribution is -2.30. The quantitative estimate of drug-likeness (QED) is 0.543. The fourth-order valence-corrected chi connectivity index (χ4v) is 5.04. The topological polar surface area (TPSA) is 56.6 Å². The molecule has 3 aromatic heterocycles. The molecule has 29 heavy (non-hydrogen) atoms. The third-order valence-corrected chi connectivity index (χ3v) is 6.63. The van der Waals surface area contributed by atoms with Gasteiger partial charge >= 0.3 is 0 Å². The Morgan fingerprint density at radius 2 is 2.03 bits per heavy atom. The van der Waals surface area contributed by atoms with E-state index < -0.39 is 0 Å². The van der Waals surface area contributed by atoms with E-state index in [2.05, 4.69) is 57.5 Å². The molecule has 0 spiro atoms. The van der Waals surface area contributed by atoms with Crippen LogP contribution in [0.25, 0.3) is 15.9 Å². The molecule has 150 valence electrons. The van der Waals surface area contributed by atoms with E-state index >= 15 is 0 Å². The SMILES string of the molecule is Cc1c(CN(C)Cc2c(C(=O)N3CCCC3)nc3sccn23)[nH]c2ccccc12. The number of benzene rings is 1. The van der Waals surface area contributed by atoms with Crippen molar-refractivity contribution < 1.29 is 4.79 Å². The van der Waals surface area contributed by atoms with E-state index in [1.165, 1.54) is 22.2 Å². The number of rotatable bonds is 5. The molecule has 0 radical (unpaired) electrons. The molecule has 1 saturated heterocycles. The van der Waals surface area contributed by atoms with Gasteiger partial charge in [-0.3, -0.25) is 14.1 Å². The van der Waals surface area contributed by atoms with Crippen LogP contribution in [0.4, 0.5) is 0 Å². The number of aromatic nitrogens is 3. The van der Waals surface area contributed by atoms with Crippen molar-refractivity contribution in [2.45, 2.75) is 32.9 Å². The van der Waals surface area contributed by atoms with Crippen molar-refractivity contribution >= 4 is 33.1 Å². The fraction of sp³-hybridized carbons (Fsp3) is 0.364. The summed E-state index contributed by atoms with van der Waals surface area (Å²) in [4.78, 5) is 26.4. The van der Waals surface area contributed by atoms with Gasteiger partial charge in [-0.1, -0.05) is 18.2 Å². The number of likely N-dealkylation sites (tertiary alicyclic amines) is 1. The summed E-state index contributed by atoms with van der Waals surface area (Å²) in [5.74, 6) is 0.0728. The van der Waals surface area contributed by atoms with Gasteiger partial charge in [0.15, 0.2) is 10.7 Å². The molecule has 0 bridgehead atoms. The van der Waals surface area contributed by atoms with E-state index in [1.807, 2.05) is 16.5 Å². The van der Waals surface area contributed by atoms with Crippen molar-refractivity contribution in [3.63, 3.8) is 0 Å². The van der Waals surface area contributed by atoms with Crippen molar-refractivity contribution in [2.75, 3.05) is 20.1 Å². The van der Waals surface area contributed by atoms with Crippen molar-refractivity contribution in [3.8, 4) is 0 Å². The fourth-order valence-electron chi connectivity index (χ4n) is 4.30. The van der Waals surface area contributed by atoms with Gasteiger partial charge in [0.2, 0.25) is 0 Å². The molecule has 0 aliphatic carbocycles. The zero-order valence-corrected chi connectivity index (χ0v) is 17.6. The smallest absolute Gasteiger partial charge is 0.274 e. The Balaban J connectivity index is 1.43. The molecule has 1 aromatic carbocycles. The first-order valence-corrected chi connectivity index (χ1v) is 11.0. The van der Waals surface area contributed by atoms with Crippen LogP contribution >= 0.6 is 11.3 Å². The average molecular weight is 408 g/mol. The summed E-state index contributed by atoms with van der Waals surface area (Å²) < 4.78 is 2.07. The molecule has 1 aliphatic rings. The van der Waals surface area contributed by atoms with Crippen LogP contribution in [0.1, 0.15) is 40.3 Å². The van der Waals surface area contributed by atoms with Crippen LogP contribution in [0.3, 0.4) is 0 Å². The van der Waals surface area contributed by atoms with Crippen LogP contribution in [-0.4, -0.2) is 50.2 Å². The summed E-state index contributed by atoms with van der Waals surface area (Å²) in [6, 6.07) is 8.40. The van der Waals surface area contributed by atoms with Gasteiger partial charge in [-0.05, 0) is 38.4 Å². The third-order valence-electron chi connectivity index (χ3n) is 5.87. The maximum absolute atomic E-state index is 13.1. The van der Waals surface area contributed by atoms with Crippen molar-refractivity contribution in [2.24, 2.45) is 0 Å². The Morgan fingerprint density at radius 1 is 1.24 bits per heavy atom. The Bertz CT molecular complexity index is 1180. The van der Waals surface area contributed by atoms with Crippen LogP contribution in [0.15, 0.2) is 35.8 Å². The Morgan fingerprint density at radius 3 is 2.83 bits per heavy atom. The van der Waals surface area contributed by atoms with Crippen LogP contribution < -0.4 is 0 Å². The molecule has 4 heterocycles. The van der Waals surface area contributed by atoms with Crippen LogP contribution in [0.2, 0.25) is 0 Å². The third kappa shape index (κ3) is 3.24. The van der Waals surface area contributed by atoms with E-state index in [1.54, 1.807) is 11.3 Å². The maximum atomic E-state index is 13.1. The predicted molar refractivity (Wildman–Crippen MR) is 116 cm³/mol. The molecule has 7 heteroatoms. The number of fused-ring (bicyclic) bond motifs is 2. The minimum atomic E-state index is 0.0728. The monoisotopic (exact) mass is 407 g/mol. The number of nitrogens with one attached hydrogen (secondary N) is 1. The van der Waals surface area contributed by atoms with Crippen LogP contribution in [0, 0.1) is 6.92 Å². The van der Waals surface area contributed by atoms with Gasteiger partial charge in [-0.15, -0.1) is 11.3 Å². The lowest BCUT2D eigenvalue weighted by molar-refractivity contribution is 0.0785. The number of amides is 1. The van der Waals surface area contributed by atoms with E-state index in [0.29, 0.717) is 12.2 Å². The lowest BCUT2D eigenvalue weighted by atomic mass is 10.1. The second-order valence-electron chi connectivity index (χ2n) is 7.91. The van der Waals surface area contributed by atoms with Crippen molar-refractivity contribution in [1.82, 2.24) is 24.2 Å². The minimum Gasteiger partial charge on any atom is -0.357 e. The first-order chi connectivity index (χ1) is 14.1. The van der Waals surface area contributed by atoms with Crippen LogP contribution in [-0.2, 0) is 13.1 Å². The number of thiazole rings is 1. The molecule has 1 N–H and O–H groups in total. The van der Waals surface area contributed by atoms with Gasteiger partial charge in [-0.2, -0.15) is 0 Å². The summed E-state index contributed by atoms with van der Waals surface area (Å²) in [6.07, 6.45) is 4.19. The normalized spacial score (nSPS) is 14.7. The van der Waals surface area contributed by atoms with E-state index in [0.717, 1.165) is 43.1 Å². The Hall–Kier alpha value is -2.64. The number of imidazole rings is 1. The summed E-state index contributed by atoms with van der Waals surface area (Å²) >= 11 is 1.58. The second kappa shape index (κ2) is 7.31. The summed E-state index contributed by atoms with van der Waals surface area (Å²) in [7, 11) is 2.10. The largest absolute Gasteiger partial charge is 0.357 e. The highest BCUT2D eigenvalue weighted by molar-refractivity contribution is 7.15. The Labute approximate surface area is 173 Å².